The summed E-state index contributed by atoms with van der Waals surface area (Å²) in [6.45, 7) is 3.26. The zero-order chi connectivity index (χ0) is 15.4. The van der Waals surface area contributed by atoms with Gasteiger partial charge in [-0.25, -0.2) is 0 Å². The van der Waals surface area contributed by atoms with Crippen molar-refractivity contribution >= 4 is 34.8 Å². The second-order valence-electron chi connectivity index (χ2n) is 3.91. The molecule has 19 heavy (non-hydrogen) atoms. The Labute approximate surface area is 116 Å². The molecule has 0 aromatic carbocycles. The Balaban J connectivity index is 5.28. The Hall–Kier alpha value is -0.820. The Morgan fingerprint density at radius 3 is 1.74 bits per heavy atom. The van der Waals surface area contributed by atoms with E-state index in [0.717, 1.165) is 0 Å². The number of ketones is 2. The first-order valence-electron chi connectivity index (χ1n) is 4.92. The number of alkyl halides is 6. The molecule has 0 aromatic rings. The van der Waals surface area contributed by atoms with Gasteiger partial charge in [-0.05, 0) is 29.1 Å². The van der Waals surface area contributed by atoms with Crippen LogP contribution in [0.4, 0.5) is 17.6 Å². The minimum Gasteiger partial charge on any atom is -0.500 e. The van der Waals surface area contributed by atoms with Gasteiger partial charge in [0, 0.05) is 0 Å². The van der Waals surface area contributed by atoms with E-state index in [2.05, 4.69) is 27.9 Å². The van der Waals surface area contributed by atoms with Crippen molar-refractivity contribution in [2.24, 2.45) is 5.92 Å². The van der Waals surface area contributed by atoms with Crippen LogP contribution in [0.3, 0.4) is 0 Å². The highest BCUT2D eigenvalue weighted by molar-refractivity contribution is 6.44. The molecule has 110 valence electrons. The summed E-state index contributed by atoms with van der Waals surface area (Å²) in [5.74, 6) is -4.69. The fourth-order valence-electron chi connectivity index (χ4n) is 0.839. The fraction of sp³-hybridized carbons (Fsp3) is 0.600. The van der Waals surface area contributed by atoms with Crippen LogP contribution in [0.5, 0.6) is 0 Å². The van der Waals surface area contributed by atoms with Gasteiger partial charge in [0.05, 0.1) is 12.9 Å². The number of hydrogen-bond acceptors (Lipinski definition) is 3. The van der Waals surface area contributed by atoms with Gasteiger partial charge in [0.1, 0.15) is 5.57 Å². The van der Waals surface area contributed by atoms with Crippen LogP contribution in [0.25, 0.3) is 0 Å². The monoisotopic (exact) mass is 324 g/mol. The Bertz CT molecular complexity index is 355. The fourth-order valence-corrected chi connectivity index (χ4v) is 1.04. The van der Waals surface area contributed by atoms with Crippen LogP contribution in [-0.4, -0.2) is 28.9 Å². The average molecular weight is 325 g/mol. The third-order valence-electron chi connectivity index (χ3n) is 1.63. The summed E-state index contributed by atoms with van der Waals surface area (Å²) in [6, 6.07) is 0. The number of Topliss-reactive ketones (excluding diaryl/α,β-unsaturated/α-hetero) is 2. The predicted molar refractivity (Wildman–Crippen MR) is 60.5 cm³/mol. The minimum absolute atomic E-state index is 0.0776. The molecule has 9 heteroatoms. The van der Waals surface area contributed by atoms with Crippen molar-refractivity contribution in [2.45, 2.75) is 24.6 Å². The largest absolute Gasteiger partial charge is 0.500 e. The standard InChI is InChI=1S/C10H10Cl2F4O3/c1-5(2)3-19-4-6(7(17)9(11,13)14)8(18)10(12,15)16/h4-5H,3H2,1-2H3. The maximum Gasteiger partial charge on any atom is 0.385 e. The normalized spacial score (nSPS) is 12.3. The van der Waals surface area contributed by atoms with Crippen LogP contribution in [0, 0.1) is 5.92 Å². The SMILES string of the molecule is CC(C)COC=C(C(=O)C(F)(F)Cl)C(=O)C(F)(F)Cl. The number of allylic oxidation sites excluding steroid dienone is 1. The predicted octanol–water partition coefficient (Wildman–Crippen LogP) is 3.34. The van der Waals surface area contributed by atoms with Crippen LogP contribution >= 0.6 is 23.2 Å². The van der Waals surface area contributed by atoms with Crippen LogP contribution < -0.4 is 0 Å². The van der Waals surface area contributed by atoms with E-state index in [1.54, 1.807) is 13.8 Å². The molecule has 0 radical (unpaired) electrons. The van der Waals surface area contributed by atoms with Crippen LogP contribution in [0.2, 0.25) is 0 Å². The van der Waals surface area contributed by atoms with Gasteiger partial charge in [-0.15, -0.1) is 0 Å². The van der Waals surface area contributed by atoms with Crippen LogP contribution in [-0.2, 0) is 14.3 Å². The lowest BCUT2D eigenvalue weighted by molar-refractivity contribution is -0.137. The highest BCUT2D eigenvalue weighted by Gasteiger charge is 2.48. The van der Waals surface area contributed by atoms with E-state index < -0.39 is 27.9 Å². The van der Waals surface area contributed by atoms with Crippen molar-refractivity contribution in [3.05, 3.63) is 11.8 Å². The van der Waals surface area contributed by atoms with Gasteiger partial charge >= 0.3 is 10.8 Å². The summed E-state index contributed by atoms with van der Waals surface area (Å²) in [5, 5.41) is -9.02. The average Bonchev–Trinajstić information content (AvgIpc) is 2.19. The lowest BCUT2D eigenvalue weighted by atomic mass is 10.1. The second-order valence-corrected chi connectivity index (χ2v) is 4.86. The summed E-state index contributed by atoms with van der Waals surface area (Å²) >= 11 is 8.79. The van der Waals surface area contributed by atoms with E-state index in [4.69, 9.17) is 0 Å². The number of hydrogen-bond donors (Lipinski definition) is 0. The number of halogens is 6. The van der Waals surface area contributed by atoms with Crippen molar-refractivity contribution in [3.63, 3.8) is 0 Å². The number of rotatable bonds is 7. The van der Waals surface area contributed by atoms with Gasteiger partial charge < -0.3 is 4.74 Å². The van der Waals surface area contributed by atoms with E-state index >= 15 is 0 Å². The van der Waals surface area contributed by atoms with Crippen molar-refractivity contribution in [2.75, 3.05) is 6.61 Å². The number of carbonyl (C=O) groups excluding carboxylic acids is 2. The summed E-state index contributed by atoms with van der Waals surface area (Å²) in [5.41, 5.74) is -1.60. The first kappa shape index (κ1) is 18.2. The van der Waals surface area contributed by atoms with Gasteiger partial charge in [0.25, 0.3) is 11.6 Å². The Morgan fingerprint density at radius 2 is 1.47 bits per heavy atom. The quantitative estimate of drug-likeness (QED) is 0.180. The first-order valence-corrected chi connectivity index (χ1v) is 5.67. The molecular formula is C10H10Cl2F4O3. The van der Waals surface area contributed by atoms with Gasteiger partial charge in [-0.1, -0.05) is 13.8 Å². The Morgan fingerprint density at radius 1 is 1.11 bits per heavy atom. The van der Waals surface area contributed by atoms with E-state index in [0.29, 0.717) is 0 Å². The number of carbonyl (C=O) groups is 2. The highest BCUT2D eigenvalue weighted by Crippen LogP contribution is 2.30. The van der Waals surface area contributed by atoms with Gasteiger partial charge in [0.2, 0.25) is 0 Å². The maximum atomic E-state index is 12.6. The molecule has 0 fully saturated rings. The molecular weight excluding hydrogens is 315 g/mol. The minimum atomic E-state index is -4.51. The zero-order valence-electron chi connectivity index (χ0n) is 9.85. The molecule has 0 heterocycles. The topological polar surface area (TPSA) is 43.4 Å². The molecule has 0 unspecified atom stereocenters. The lowest BCUT2D eigenvalue weighted by Crippen LogP contribution is -2.34. The second kappa shape index (κ2) is 6.56. The molecule has 0 aliphatic carbocycles. The van der Waals surface area contributed by atoms with Crippen molar-refractivity contribution in [3.8, 4) is 0 Å². The molecule has 0 spiro atoms. The molecule has 0 atom stereocenters. The molecule has 0 amide bonds. The molecule has 0 bridgehead atoms. The van der Waals surface area contributed by atoms with Crippen molar-refractivity contribution in [1.82, 2.24) is 0 Å². The van der Waals surface area contributed by atoms with E-state index in [9.17, 15) is 27.2 Å². The van der Waals surface area contributed by atoms with Gasteiger partial charge in [-0.2, -0.15) is 17.6 Å². The summed E-state index contributed by atoms with van der Waals surface area (Å²) in [6.07, 6.45) is 0.219. The zero-order valence-corrected chi connectivity index (χ0v) is 11.4. The van der Waals surface area contributed by atoms with Crippen molar-refractivity contribution in [1.29, 1.82) is 0 Å². The van der Waals surface area contributed by atoms with Crippen LogP contribution in [0.1, 0.15) is 13.8 Å². The number of ether oxygens (including phenoxy) is 1. The molecule has 0 saturated carbocycles. The van der Waals surface area contributed by atoms with Gasteiger partial charge in [-0.3, -0.25) is 9.59 Å². The van der Waals surface area contributed by atoms with Crippen molar-refractivity contribution < 1.29 is 31.9 Å². The summed E-state index contributed by atoms with van der Waals surface area (Å²) in [4.78, 5) is 22.2. The van der Waals surface area contributed by atoms with E-state index in [1.807, 2.05) is 0 Å². The molecule has 0 saturated heterocycles. The molecule has 0 rings (SSSR count). The van der Waals surface area contributed by atoms with E-state index in [-0.39, 0.29) is 18.8 Å². The smallest absolute Gasteiger partial charge is 0.385 e. The lowest BCUT2D eigenvalue weighted by Gasteiger charge is -2.13. The van der Waals surface area contributed by atoms with Crippen LogP contribution in [0.15, 0.2) is 11.8 Å². The summed E-state index contributed by atoms with van der Waals surface area (Å²) in [7, 11) is 0. The highest BCUT2D eigenvalue weighted by atomic mass is 35.5. The molecule has 0 aromatic heterocycles. The first-order chi connectivity index (χ1) is 8.37. The van der Waals surface area contributed by atoms with E-state index in [1.165, 1.54) is 0 Å². The third-order valence-corrected chi connectivity index (χ3v) is 1.98. The summed E-state index contributed by atoms with van der Waals surface area (Å²) < 4.78 is 54.9. The molecule has 0 aliphatic rings. The molecule has 0 aliphatic heterocycles. The maximum absolute atomic E-state index is 12.6. The molecule has 3 nitrogen and oxygen atoms in total. The Kier molecular flexibility index (Phi) is 6.28. The third kappa shape index (κ3) is 6.24. The van der Waals surface area contributed by atoms with Gasteiger partial charge in [0.15, 0.2) is 0 Å². The molecule has 0 N–H and O–H groups in total.